The van der Waals surface area contributed by atoms with E-state index in [1.54, 1.807) is 17.8 Å². The second-order valence-electron chi connectivity index (χ2n) is 4.47. The fraction of sp³-hybridized carbons (Fsp3) is 0.143. The first-order valence-corrected chi connectivity index (χ1v) is 6.27. The lowest BCUT2D eigenvalue weighted by atomic mass is 10.0. The first-order valence-electron chi connectivity index (χ1n) is 5.89. The van der Waals surface area contributed by atoms with Crippen LogP contribution in [0.1, 0.15) is 16.8 Å². The third-order valence-electron chi connectivity index (χ3n) is 3.19. The molecule has 0 unspecified atom stereocenters. The van der Waals surface area contributed by atoms with Gasteiger partial charge >= 0.3 is 0 Å². The summed E-state index contributed by atoms with van der Waals surface area (Å²) in [4.78, 5) is 12.0. The molecule has 1 amide bonds. The zero-order chi connectivity index (χ0) is 13.6. The lowest BCUT2D eigenvalue weighted by Crippen LogP contribution is -2.03. The van der Waals surface area contributed by atoms with E-state index in [1.807, 2.05) is 31.2 Å². The number of nitrogens with one attached hydrogen (secondary N) is 1. The first-order chi connectivity index (χ1) is 9.08. The second kappa shape index (κ2) is 4.24. The molecule has 0 fully saturated rings. The fourth-order valence-corrected chi connectivity index (χ4v) is 2.47. The monoisotopic (exact) mass is 273 g/mol. The summed E-state index contributed by atoms with van der Waals surface area (Å²) in [6.07, 6.45) is 1.80. The number of hydrogen-bond donors (Lipinski definition) is 1. The largest absolute Gasteiger partial charge is 0.321 e. The van der Waals surface area contributed by atoms with Crippen LogP contribution in [-0.4, -0.2) is 15.7 Å². The number of aryl methyl sites for hydroxylation is 2. The van der Waals surface area contributed by atoms with Crippen molar-refractivity contribution in [2.45, 2.75) is 6.92 Å². The van der Waals surface area contributed by atoms with Crippen molar-refractivity contribution < 1.29 is 4.79 Å². The van der Waals surface area contributed by atoms with Crippen LogP contribution in [0.15, 0.2) is 24.3 Å². The highest BCUT2D eigenvalue weighted by Crippen LogP contribution is 2.34. The van der Waals surface area contributed by atoms with Crippen molar-refractivity contribution in [3.63, 3.8) is 0 Å². The first kappa shape index (κ1) is 12.0. The van der Waals surface area contributed by atoms with Crippen LogP contribution in [-0.2, 0) is 11.8 Å². The molecule has 1 aliphatic heterocycles. The summed E-state index contributed by atoms with van der Waals surface area (Å²) in [6, 6.07) is 7.60. The van der Waals surface area contributed by atoms with E-state index in [9.17, 15) is 4.79 Å². The van der Waals surface area contributed by atoms with Crippen LogP contribution in [0.3, 0.4) is 0 Å². The Morgan fingerprint density at radius 1 is 1.37 bits per heavy atom. The van der Waals surface area contributed by atoms with Crippen LogP contribution in [0.25, 0.3) is 11.6 Å². The number of anilines is 1. The molecule has 96 valence electrons. The van der Waals surface area contributed by atoms with E-state index >= 15 is 0 Å². The summed E-state index contributed by atoms with van der Waals surface area (Å²) in [7, 11) is 1.78. The Morgan fingerprint density at radius 3 is 2.79 bits per heavy atom. The normalized spacial score (nSPS) is 15.7. The Labute approximate surface area is 115 Å². The van der Waals surface area contributed by atoms with Crippen molar-refractivity contribution in [3.8, 4) is 0 Å². The molecule has 0 aliphatic carbocycles. The molecule has 19 heavy (non-hydrogen) atoms. The Kier molecular flexibility index (Phi) is 2.68. The van der Waals surface area contributed by atoms with Crippen LogP contribution in [0.5, 0.6) is 0 Å². The topological polar surface area (TPSA) is 46.9 Å². The maximum Gasteiger partial charge on any atom is 0.256 e. The maximum atomic E-state index is 12.0. The number of para-hydroxylation sites is 1. The predicted octanol–water partition coefficient (Wildman–Crippen LogP) is 2.87. The van der Waals surface area contributed by atoms with Gasteiger partial charge in [-0.15, -0.1) is 0 Å². The molecule has 2 heterocycles. The zero-order valence-corrected chi connectivity index (χ0v) is 11.3. The molecule has 0 spiro atoms. The molecule has 1 aromatic carbocycles. The number of fused-ring (bicyclic) bond motifs is 1. The molecule has 3 rings (SSSR count). The number of amides is 1. The molecule has 2 aromatic rings. The molecule has 5 heteroatoms. The van der Waals surface area contributed by atoms with Gasteiger partial charge in [-0.1, -0.05) is 29.8 Å². The molecule has 1 N–H and O–H groups in total. The highest BCUT2D eigenvalue weighted by molar-refractivity contribution is 6.36. The van der Waals surface area contributed by atoms with Gasteiger partial charge in [0.05, 0.1) is 5.69 Å². The van der Waals surface area contributed by atoms with E-state index in [1.165, 1.54) is 0 Å². The third kappa shape index (κ3) is 1.85. The van der Waals surface area contributed by atoms with Gasteiger partial charge in [0.2, 0.25) is 0 Å². The van der Waals surface area contributed by atoms with Crippen molar-refractivity contribution in [1.29, 1.82) is 0 Å². The van der Waals surface area contributed by atoms with Gasteiger partial charge in [-0.05, 0) is 19.1 Å². The Morgan fingerprint density at radius 2 is 2.11 bits per heavy atom. The molecular formula is C14H12ClN3O. The number of hydrogen-bond acceptors (Lipinski definition) is 2. The van der Waals surface area contributed by atoms with Gasteiger partial charge in [0.1, 0.15) is 5.15 Å². The Hall–Kier alpha value is -2.07. The van der Waals surface area contributed by atoms with Gasteiger partial charge < -0.3 is 5.32 Å². The molecule has 1 aliphatic rings. The summed E-state index contributed by atoms with van der Waals surface area (Å²) in [5.74, 6) is -0.111. The van der Waals surface area contributed by atoms with Crippen molar-refractivity contribution in [3.05, 3.63) is 46.2 Å². The van der Waals surface area contributed by atoms with E-state index in [2.05, 4.69) is 10.4 Å². The number of carbonyl (C=O) groups excluding carboxylic acids is 1. The van der Waals surface area contributed by atoms with E-state index < -0.39 is 0 Å². The average molecular weight is 274 g/mol. The summed E-state index contributed by atoms with van der Waals surface area (Å²) >= 11 is 6.19. The Bertz CT molecular complexity index is 715. The summed E-state index contributed by atoms with van der Waals surface area (Å²) in [5, 5.41) is 7.61. The molecule has 4 nitrogen and oxygen atoms in total. The molecule has 0 bridgehead atoms. The van der Waals surface area contributed by atoms with Gasteiger partial charge in [0, 0.05) is 29.4 Å². The smallest absolute Gasteiger partial charge is 0.256 e. The maximum absolute atomic E-state index is 12.0. The molecular weight excluding hydrogens is 262 g/mol. The van der Waals surface area contributed by atoms with Crippen molar-refractivity contribution >= 4 is 34.8 Å². The van der Waals surface area contributed by atoms with Gasteiger partial charge in [-0.2, -0.15) is 5.10 Å². The number of benzene rings is 1. The van der Waals surface area contributed by atoms with Crippen LogP contribution in [0.4, 0.5) is 5.69 Å². The van der Waals surface area contributed by atoms with Gasteiger partial charge in [-0.25, -0.2) is 0 Å². The van der Waals surface area contributed by atoms with Crippen molar-refractivity contribution in [2.24, 2.45) is 7.05 Å². The minimum atomic E-state index is -0.111. The predicted molar refractivity (Wildman–Crippen MR) is 75.9 cm³/mol. The van der Waals surface area contributed by atoms with Crippen LogP contribution in [0.2, 0.25) is 5.15 Å². The van der Waals surface area contributed by atoms with E-state index in [-0.39, 0.29) is 5.91 Å². The van der Waals surface area contributed by atoms with Crippen molar-refractivity contribution in [2.75, 3.05) is 5.32 Å². The summed E-state index contributed by atoms with van der Waals surface area (Å²) in [5.41, 5.74) is 3.93. The highest BCUT2D eigenvalue weighted by Gasteiger charge is 2.24. The number of rotatable bonds is 1. The van der Waals surface area contributed by atoms with Crippen molar-refractivity contribution in [1.82, 2.24) is 9.78 Å². The average Bonchev–Trinajstić information content (AvgIpc) is 2.82. The van der Waals surface area contributed by atoms with Crippen LogP contribution in [0, 0.1) is 6.92 Å². The van der Waals surface area contributed by atoms with E-state index in [0.717, 1.165) is 22.5 Å². The van der Waals surface area contributed by atoms with Gasteiger partial charge in [-0.3, -0.25) is 9.48 Å². The van der Waals surface area contributed by atoms with E-state index in [0.29, 0.717) is 10.7 Å². The van der Waals surface area contributed by atoms with Crippen LogP contribution < -0.4 is 5.32 Å². The summed E-state index contributed by atoms with van der Waals surface area (Å²) < 4.78 is 1.60. The number of nitrogens with zero attached hydrogens (tertiary/aromatic N) is 2. The molecule has 0 atom stereocenters. The second-order valence-corrected chi connectivity index (χ2v) is 4.83. The van der Waals surface area contributed by atoms with Gasteiger partial charge in [0.25, 0.3) is 5.91 Å². The van der Waals surface area contributed by atoms with Crippen LogP contribution >= 0.6 is 11.6 Å². The highest BCUT2D eigenvalue weighted by atomic mass is 35.5. The lowest BCUT2D eigenvalue weighted by Gasteiger charge is -1.98. The SMILES string of the molecule is Cc1nn(C)c(Cl)c1C=C1C(=O)Nc2ccccc21. The fourth-order valence-electron chi connectivity index (χ4n) is 2.24. The lowest BCUT2D eigenvalue weighted by molar-refractivity contribution is -0.110. The number of halogens is 1. The molecule has 0 saturated carbocycles. The molecule has 0 saturated heterocycles. The third-order valence-corrected chi connectivity index (χ3v) is 3.64. The van der Waals surface area contributed by atoms with E-state index in [4.69, 9.17) is 11.6 Å². The number of carbonyl (C=O) groups is 1. The number of aromatic nitrogens is 2. The molecule has 1 aromatic heterocycles. The summed E-state index contributed by atoms with van der Waals surface area (Å²) in [6.45, 7) is 1.87. The Balaban J connectivity index is 2.17. The standard InChI is InChI=1S/C14H12ClN3O/c1-8-10(13(15)18(2)17-8)7-11-9-5-3-4-6-12(9)16-14(11)19/h3-7H,1-2H3,(H,16,19). The zero-order valence-electron chi connectivity index (χ0n) is 10.6. The molecule has 0 radical (unpaired) electrons. The minimum Gasteiger partial charge on any atom is -0.321 e. The minimum absolute atomic E-state index is 0.111. The van der Waals surface area contributed by atoms with Gasteiger partial charge in [0.15, 0.2) is 0 Å². The quantitative estimate of drug-likeness (QED) is 0.812.